The molecule has 0 atom stereocenters. The number of nitrogens with zero attached hydrogens (tertiary/aromatic N) is 4. The van der Waals surface area contributed by atoms with Crippen LogP contribution < -0.4 is 10.1 Å². The van der Waals surface area contributed by atoms with E-state index in [0.29, 0.717) is 33.2 Å². The maximum absolute atomic E-state index is 11.0. The molecule has 2 heterocycles. The summed E-state index contributed by atoms with van der Waals surface area (Å²) in [7, 11) is 0. The van der Waals surface area contributed by atoms with Gasteiger partial charge in [-0.25, -0.2) is 9.78 Å². The summed E-state index contributed by atoms with van der Waals surface area (Å²) in [6.07, 6.45) is 3.56. The van der Waals surface area contributed by atoms with Gasteiger partial charge in [0.15, 0.2) is 0 Å². The van der Waals surface area contributed by atoms with E-state index in [0.717, 1.165) is 49.2 Å². The number of likely N-dealkylation sites (tertiary alicyclic amines) is 1. The van der Waals surface area contributed by atoms with Crippen molar-refractivity contribution in [1.29, 1.82) is 5.26 Å². The average Bonchev–Trinajstić information content (AvgIpc) is 2.84. The average molecular weight is 536 g/mol. The fourth-order valence-electron chi connectivity index (χ4n) is 4.19. The molecule has 1 saturated heterocycles. The van der Waals surface area contributed by atoms with E-state index in [9.17, 15) is 10.1 Å². The van der Waals surface area contributed by atoms with Crippen LogP contribution in [0.15, 0.2) is 47.1 Å². The van der Waals surface area contributed by atoms with Crippen molar-refractivity contribution < 1.29 is 14.6 Å². The van der Waals surface area contributed by atoms with Gasteiger partial charge in [-0.3, -0.25) is 4.90 Å². The molecule has 0 amide bonds. The molecule has 0 saturated carbocycles. The van der Waals surface area contributed by atoms with Crippen LogP contribution in [0.3, 0.4) is 0 Å². The van der Waals surface area contributed by atoms with Gasteiger partial charge in [0.05, 0.1) is 27.9 Å². The Bertz CT molecular complexity index is 1240. The van der Waals surface area contributed by atoms with E-state index in [1.807, 2.05) is 26.0 Å². The third-order valence-electron chi connectivity index (χ3n) is 6.03. The lowest BCUT2D eigenvalue weighted by molar-refractivity contribution is 0.0697. The van der Waals surface area contributed by atoms with Gasteiger partial charge in [0.25, 0.3) is 0 Å². The Morgan fingerprint density at radius 2 is 1.89 bits per heavy atom. The van der Waals surface area contributed by atoms with Crippen molar-refractivity contribution >= 4 is 27.8 Å². The van der Waals surface area contributed by atoms with Crippen molar-refractivity contribution in [3.05, 3.63) is 74.9 Å². The predicted molar refractivity (Wildman–Crippen MR) is 136 cm³/mol. The summed E-state index contributed by atoms with van der Waals surface area (Å²) in [4.78, 5) is 22.4. The lowest BCUT2D eigenvalue weighted by atomic mass is 10.0. The highest BCUT2D eigenvalue weighted by atomic mass is 79.9. The summed E-state index contributed by atoms with van der Waals surface area (Å²) in [5, 5.41) is 21.6. The van der Waals surface area contributed by atoms with Gasteiger partial charge in [0.1, 0.15) is 5.75 Å². The minimum Gasteiger partial charge on any atom is -0.478 e. The Kier molecular flexibility index (Phi) is 7.63. The zero-order valence-corrected chi connectivity index (χ0v) is 21.2. The first-order chi connectivity index (χ1) is 16.8. The Hall–Kier alpha value is -3.48. The number of nitrogens with one attached hydrogen (secondary N) is 1. The smallest absolute Gasteiger partial charge is 0.335 e. The Balaban J connectivity index is 1.36. The lowest BCUT2D eigenvalue weighted by Crippen LogP contribution is -2.39. The SMILES string of the molecule is Cc1cc(C#N)cc(C)c1Oc1nc(NC2CCN(Cc3ccc(C(=O)O)cc3)CC2)ncc1Br. The number of carboxylic acids is 1. The summed E-state index contributed by atoms with van der Waals surface area (Å²) in [5.41, 5.74) is 3.74. The van der Waals surface area contributed by atoms with E-state index < -0.39 is 5.97 Å². The van der Waals surface area contributed by atoms with Crippen molar-refractivity contribution in [3.8, 4) is 17.7 Å². The molecule has 1 fully saturated rings. The number of piperidine rings is 1. The van der Waals surface area contributed by atoms with E-state index in [-0.39, 0.29) is 6.04 Å². The number of aromatic nitrogens is 2. The number of halogens is 1. The number of carbonyl (C=O) groups is 1. The summed E-state index contributed by atoms with van der Waals surface area (Å²) in [6, 6.07) is 13.1. The van der Waals surface area contributed by atoms with Crippen LogP contribution in [0.5, 0.6) is 11.6 Å². The van der Waals surface area contributed by atoms with Gasteiger partial charge in [0.2, 0.25) is 11.8 Å². The van der Waals surface area contributed by atoms with Crippen LogP contribution in [0.25, 0.3) is 0 Å². The second kappa shape index (κ2) is 10.8. The molecule has 1 aliphatic heterocycles. The van der Waals surface area contributed by atoms with Gasteiger partial charge in [0, 0.05) is 25.7 Å². The van der Waals surface area contributed by atoms with Crippen LogP contribution >= 0.6 is 15.9 Å². The first-order valence-electron chi connectivity index (χ1n) is 11.3. The zero-order valence-electron chi connectivity index (χ0n) is 19.6. The van der Waals surface area contributed by atoms with E-state index >= 15 is 0 Å². The van der Waals surface area contributed by atoms with E-state index in [1.54, 1.807) is 30.5 Å². The largest absolute Gasteiger partial charge is 0.478 e. The van der Waals surface area contributed by atoms with E-state index in [2.05, 4.69) is 42.2 Å². The van der Waals surface area contributed by atoms with Crippen molar-refractivity contribution in [2.45, 2.75) is 39.3 Å². The minimum absolute atomic E-state index is 0.244. The predicted octanol–water partition coefficient (Wildman–Crippen LogP) is 5.29. The van der Waals surface area contributed by atoms with Gasteiger partial charge in [-0.15, -0.1) is 0 Å². The molecule has 4 rings (SSSR count). The number of aryl methyl sites for hydroxylation is 2. The summed E-state index contributed by atoms with van der Waals surface area (Å²) in [5.74, 6) is 0.698. The van der Waals surface area contributed by atoms with Crippen LogP contribution in [0.2, 0.25) is 0 Å². The Morgan fingerprint density at radius 3 is 2.49 bits per heavy atom. The number of rotatable bonds is 7. The van der Waals surface area contributed by atoms with Crippen molar-refractivity contribution in [2.24, 2.45) is 0 Å². The number of hydrogen-bond acceptors (Lipinski definition) is 7. The molecule has 1 aliphatic rings. The highest BCUT2D eigenvalue weighted by Crippen LogP contribution is 2.33. The molecule has 0 spiro atoms. The van der Waals surface area contributed by atoms with Crippen LogP contribution in [-0.2, 0) is 6.54 Å². The molecule has 2 N–H and O–H groups in total. The molecule has 35 heavy (non-hydrogen) atoms. The molecular formula is C26H26BrN5O3. The Labute approximate surface area is 212 Å². The first kappa shape index (κ1) is 24.6. The number of ether oxygens (including phenoxy) is 1. The molecule has 2 aromatic carbocycles. The van der Waals surface area contributed by atoms with Gasteiger partial charge < -0.3 is 15.2 Å². The first-order valence-corrected chi connectivity index (χ1v) is 12.1. The molecule has 0 aliphatic carbocycles. The summed E-state index contributed by atoms with van der Waals surface area (Å²) in [6.45, 7) is 6.45. The molecule has 3 aromatic rings. The number of hydrogen-bond donors (Lipinski definition) is 2. The standard InChI is InChI=1S/C26H26BrN5O3/c1-16-11-19(13-28)12-17(2)23(16)35-24-22(27)14-29-26(31-24)30-21-7-9-32(10-8-21)15-18-3-5-20(6-4-18)25(33)34/h3-6,11-12,14,21H,7-10,15H2,1-2H3,(H,33,34)(H,29,30,31). The molecule has 0 radical (unpaired) electrons. The highest BCUT2D eigenvalue weighted by molar-refractivity contribution is 9.10. The van der Waals surface area contributed by atoms with Gasteiger partial charge >= 0.3 is 5.97 Å². The van der Waals surface area contributed by atoms with Gasteiger partial charge in [-0.05, 0) is 83.6 Å². The fraction of sp³-hybridized carbons (Fsp3) is 0.308. The van der Waals surface area contributed by atoms with Crippen LogP contribution in [-0.4, -0.2) is 45.1 Å². The van der Waals surface area contributed by atoms with Gasteiger partial charge in [-0.1, -0.05) is 12.1 Å². The molecule has 1 aromatic heterocycles. The topological polar surface area (TPSA) is 111 Å². The fourth-order valence-corrected chi connectivity index (χ4v) is 4.47. The summed E-state index contributed by atoms with van der Waals surface area (Å²) >= 11 is 3.47. The number of nitriles is 1. The monoisotopic (exact) mass is 535 g/mol. The second-order valence-electron chi connectivity index (χ2n) is 8.70. The number of carboxylic acid groups (broad SMARTS) is 1. The highest BCUT2D eigenvalue weighted by Gasteiger charge is 2.21. The zero-order chi connectivity index (χ0) is 24.9. The normalized spacial score (nSPS) is 14.3. The van der Waals surface area contributed by atoms with Crippen LogP contribution in [0.4, 0.5) is 5.95 Å². The number of benzene rings is 2. The Morgan fingerprint density at radius 1 is 1.23 bits per heavy atom. The molecule has 180 valence electrons. The van der Waals surface area contributed by atoms with Crippen LogP contribution in [0, 0.1) is 25.2 Å². The quantitative estimate of drug-likeness (QED) is 0.419. The van der Waals surface area contributed by atoms with Crippen molar-refractivity contribution in [1.82, 2.24) is 14.9 Å². The number of anilines is 1. The lowest BCUT2D eigenvalue weighted by Gasteiger charge is -2.32. The third-order valence-corrected chi connectivity index (χ3v) is 6.57. The molecule has 0 bridgehead atoms. The van der Waals surface area contributed by atoms with E-state index in [1.165, 1.54) is 0 Å². The number of aromatic carboxylic acids is 1. The maximum atomic E-state index is 11.0. The van der Waals surface area contributed by atoms with Gasteiger partial charge in [-0.2, -0.15) is 10.2 Å². The molecular weight excluding hydrogens is 510 g/mol. The minimum atomic E-state index is -0.908. The second-order valence-corrected chi connectivity index (χ2v) is 9.55. The van der Waals surface area contributed by atoms with Crippen molar-refractivity contribution in [2.75, 3.05) is 18.4 Å². The van der Waals surface area contributed by atoms with E-state index in [4.69, 9.17) is 9.84 Å². The molecule has 0 unspecified atom stereocenters. The summed E-state index contributed by atoms with van der Waals surface area (Å²) < 4.78 is 6.76. The molecule has 9 heteroatoms. The van der Waals surface area contributed by atoms with Crippen molar-refractivity contribution in [3.63, 3.8) is 0 Å². The molecule has 8 nitrogen and oxygen atoms in total. The van der Waals surface area contributed by atoms with Crippen LogP contribution in [0.1, 0.15) is 45.5 Å². The maximum Gasteiger partial charge on any atom is 0.335 e. The third kappa shape index (κ3) is 6.15.